The van der Waals surface area contributed by atoms with E-state index < -0.39 is 6.10 Å². The molecule has 0 unspecified atom stereocenters. The van der Waals surface area contributed by atoms with Gasteiger partial charge in [0.2, 0.25) is 0 Å². The second-order valence-electron chi connectivity index (χ2n) is 9.19. The maximum Gasteiger partial charge on any atom is 0.145 e. The lowest BCUT2D eigenvalue weighted by Crippen LogP contribution is -2.40. The predicted molar refractivity (Wildman–Crippen MR) is 126 cm³/mol. The summed E-state index contributed by atoms with van der Waals surface area (Å²) in [7, 11) is 0. The van der Waals surface area contributed by atoms with Gasteiger partial charge in [0.1, 0.15) is 6.10 Å². The number of halogens is 1. The molecule has 2 aromatic rings. The van der Waals surface area contributed by atoms with Crippen molar-refractivity contribution in [1.29, 1.82) is 0 Å². The fourth-order valence-electron chi connectivity index (χ4n) is 3.66. The maximum absolute atomic E-state index is 10.6. The molecule has 31 heavy (non-hydrogen) atoms. The fraction of sp³-hybridized carbons (Fsp3) is 0.480. The van der Waals surface area contributed by atoms with E-state index in [1.165, 1.54) is 5.56 Å². The Morgan fingerprint density at radius 1 is 1.23 bits per heavy atom. The summed E-state index contributed by atoms with van der Waals surface area (Å²) in [5.41, 5.74) is 4.10. The summed E-state index contributed by atoms with van der Waals surface area (Å²) < 4.78 is 5.77. The van der Waals surface area contributed by atoms with Gasteiger partial charge in [-0.2, -0.15) is 0 Å². The molecule has 0 radical (unpaired) electrons. The molecule has 0 amide bonds. The predicted octanol–water partition coefficient (Wildman–Crippen LogP) is 4.82. The molecule has 1 N–H and O–H groups in total. The number of hydrogen-bond acceptors (Lipinski definition) is 5. The molecule has 0 aromatic heterocycles. The van der Waals surface area contributed by atoms with Crippen molar-refractivity contribution in [3.63, 3.8) is 0 Å². The van der Waals surface area contributed by atoms with Crippen LogP contribution in [0.3, 0.4) is 0 Å². The molecule has 6 heteroatoms. The second kappa shape index (κ2) is 10.6. The molecule has 3 rings (SSSR count). The normalized spacial score (nSPS) is 17.5. The highest BCUT2D eigenvalue weighted by atomic mass is 35.5. The van der Waals surface area contributed by atoms with Crippen LogP contribution in [-0.2, 0) is 16.1 Å². The van der Waals surface area contributed by atoms with Gasteiger partial charge in [-0.05, 0) is 51.0 Å². The van der Waals surface area contributed by atoms with Crippen molar-refractivity contribution >= 4 is 17.3 Å². The first-order valence-corrected chi connectivity index (χ1v) is 11.1. The van der Waals surface area contributed by atoms with Gasteiger partial charge in [-0.15, -0.1) is 0 Å². The Kier molecular flexibility index (Phi) is 8.11. The lowest BCUT2D eigenvalue weighted by Gasteiger charge is -2.28. The van der Waals surface area contributed by atoms with Gasteiger partial charge >= 0.3 is 0 Å². The minimum atomic E-state index is -0.600. The number of rotatable bonds is 9. The SMILES string of the molecule is Cc1ccccc1C1=NO[C@H](CN(Cc2cccc(Cl)c2)C[C@H](O)COC(C)(C)C)C1. The second-order valence-corrected chi connectivity index (χ2v) is 9.62. The first kappa shape index (κ1) is 23.7. The Morgan fingerprint density at radius 3 is 2.71 bits per heavy atom. The Balaban J connectivity index is 1.64. The van der Waals surface area contributed by atoms with Crippen LogP contribution in [0.25, 0.3) is 0 Å². The third-order valence-electron chi connectivity index (χ3n) is 5.12. The number of aliphatic hydroxyl groups is 1. The van der Waals surface area contributed by atoms with Gasteiger partial charge in [-0.1, -0.05) is 53.2 Å². The molecule has 0 bridgehead atoms. The largest absolute Gasteiger partial charge is 0.390 e. The van der Waals surface area contributed by atoms with Crippen LogP contribution in [-0.4, -0.2) is 53.2 Å². The van der Waals surface area contributed by atoms with Crippen LogP contribution in [0.4, 0.5) is 0 Å². The van der Waals surface area contributed by atoms with E-state index in [0.29, 0.717) is 24.7 Å². The molecule has 2 aromatic carbocycles. The number of benzene rings is 2. The number of aliphatic hydroxyl groups excluding tert-OH is 1. The van der Waals surface area contributed by atoms with Crippen molar-refractivity contribution in [2.24, 2.45) is 5.16 Å². The summed E-state index contributed by atoms with van der Waals surface area (Å²) in [5.74, 6) is 0. The van der Waals surface area contributed by atoms with Gasteiger partial charge in [0.25, 0.3) is 0 Å². The van der Waals surface area contributed by atoms with E-state index in [2.05, 4.69) is 29.1 Å². The third kappa shape index (κ3) is 7.62. The average molecular weight is 445 g/mol. The zero-order valence-corrected chi connectivity index (χ0v) is 19.6. The molecule has 5 nitrogen and oxygen atoms in total. The molecule has 1 aliphatic heterocycles. The van der Waals surface area contributed by atoms with Crippen molar-refractivity contribution in [1.82, 2.24) is 4.90 Å². The topological polar surface area (TPSA) is 54.3 Å². The summed E-state index contributed by atoms with van der Waals surface area (Å²) in [5, 5.41) is 15.7. The van der Waals surface area contributed by atoms with E-state index in [9.17, 15) is 5.11 Å². The lowest BCUT2D eigenvalue weighted by atomic mass is 10.00. The van der Waals surface area contributed by atoms with Crippen LogP contribution >= 0.6 is 11.6 Å². The van der Waals surface area contributed by atoms with Crippen LogP contribution in [0, 0.1) is 6.92 Å². The van der Waals surface area contributed by atoms with Gasteiger partial charge in [-0.3, -0.25) is 4.90 Å². The van der Waals surface area contributed by atoms with Crippen LogP contribution in [0.5, 0.6) is 0 Å². The minimum absolute atomic E-state index is 0.0653. The van der Waals surface area contributed by atoms with Gasteiger partial charge in [0, 0.05) is 36.6 Å². The molecule has 0 saturated heterocycles. The first-order chi connectivity index (χ1) is 14.7. The number of oxime groups is 1. The molecule has 2 atom stereocenters. The molecular formula is C25H33ClN2O3. The quantitative estimate of drug-likeness (QED) is 0.602. The summed E-state index contributed by atoms with van der Waals surface area (Å²) in [6, 6.07) is 16.0. The summed E-state index contributed by atoms with van der Waals surface area (Å²) in [4.78, 5) is 7.95. The molecular weight excluding hydrogens is 412 g/mol. The van der Waals surface area contributed by atoms with E-state index >= 15 is 0 Å². The standard InChI is InChI=1S/C25H33ClN2O3/c1-18-8-5-6-11-23(18)24-13-22(31-27-24)16-28(14-19-9-7-10-20(26)12-19)15-21(29)17-30-25(2,3)4/h5-12,21-22,29H,13-17H2,1-4H3/t21-,22-/m0/s1. The first-order valence-electron chi connectivity index (χ1n) is 10.8. The molecule has 0 aliphatic carbocycles. The summed E-state index contributed by atoms with van der Waals surface area (Å²) >= 11 is 6.18. The maximum atomic E-state index is 10.6. The number of aryl methyl sites for hydroxylation is 1. The highest BCUT2D eigenvalue weighted by molar-refractivity contribution is 6.30. The van der Waals surface area contributed by atoms with Gasteiger partial charge in [-0.25, -0.2) is 0 Å². The smallest absolute Gasteiger partial charge is 0.145 e. The van der Waals surface area contributed by atoms with Gasteiger partial charge < -0.3 is 14.7 Å². The molecule has 1 aliphatic rings. The molecule has 0 saturated carbocycles. The average Bonchev–Trinajstić information content (AvgIpc) is 3.14. The minimum Gasteiger partial charge on any atom is -0.390 e. The fourth-order valence-corrected chi connectivity index (χ4v) is 3.88. The molecule has 1 heterocycles. The Labute approximate surface area is 190 Å². The van der Waals surface area contributed by atoms with E-state index in [0.717, 1.165) is 23.3 Å². The molecule has 168 valence electrons. The monoisotopic (exact) mass is 444 g/mol. The number of ether oxygens (including phenoxy) is 1. The highest BCUT2D eigenvalue weighted by Crippen LogP contribution is 2.21. The van der Waals surface area contributed by atoms with E-state index in [-0.39, 0.29) is 18.3 Å². The van der Waals surface area contributed by atoms with Crippen molar-refractivity contribution in [3.8, 4) is 0 Å². The van der Waals surface area contributed by atoms with Crippen LogP contribution in [0.2, 0.25) is 5.02 Å². The van der Waals surface area contributed by atoms with E-state index in [1.807, 2.05) is 57.2 Å². The zero-order chi connectivity index (χ0) is 22.4. The zero-order valence-electron chi connectivity index (χ0n) is 18.8. The van der Waals surface area contributed by atoms with Gasteiger partial charge in [0.05, 0.1) is 24.0 Å². The van der Waals surface area contributed by atoms with Crippen molar-refractivity contribution in [2.45, 2.75) is 58.5 Å². The van der Waals surface area contributed by atoms with E-state index in [1.54, 1.807) is 0 Å². The van der Waals surface area contributed by atoms with Crippen molar-refractivity contribution < 1.29 is 14.7 Å². The summed E-state index contributed by atoms with van der Waals surface area (Å²) in [6.07, 6.45) is 0.0759. The number of nitrogens with zero attached hydrogens (tertiary/aromatic N) is 2. The highest BCUT2D eigenvalue weighted by Gasteiger charge is 2.26. The number of hydrogen-bond donors (Lipinski definition) is 1. The third-order valence-corrected chi connectivity index (χ3v) is 5.36. The Bertz CT molecular complexity index is 894. The van der Waals surface area contributed by atoms with Crippen LogP contribution in [0.15, 0.2) is 53.7 Å². The van der Waals surface area contributed by atoms with Crippen molar-refractivity contribution in [2.75, 3.05) is 19.7 Å². The summed E-state index contributed by atoms with van der Waals surface area (Å²) in [6.45, 7) is 10.1. The Morgan fingerprint density at radius 2 is 2.00 bits per heavy atom. The van der Waals surface area contributed by atoms with Crippen molar-refractivity contribution in [3.05, 3.63) is 70.2 Å². The molecule has 0 fully saturated rings. The van der Waals surface area contributed by atoms with Gasteiger partial charge in [0.15, 0.2) is 0 Å². The van der Waals surface area contributed by atoms with Crippen LogP contribution in [0.1, 0.15) is 43.9 Å². The van der Waals surface area contributed by atoms with E-state index in [4.69, 9.17) is 21.2 Å². The molecule has 0 spiro atoms. The lowest BCUT2D eigenvalue weighted by molar-refractivity contribution is -0.0600. The van der Waals surface area contributed by atoms with Crippen LogP contribution < -0.4 is 0 Å². The Hall–Kier alpha value is -1.92.